The molecule has 78 valence electrons. The van der Waals surface area contributed by atoms with Crippen molar-refractivity contribution in [2.24, 2.45) is 5.73 Å². The molecule has 0 bridgehead atoms. The molecule has 0 radical (unpaired) electrons. The van der Waals surface area contributed by atoms with Gasteiger partial charge in [-0.15, -0.1) is 0 Å². The van der Waals surface area contributed by atoms with Crippen LogP contribution in [0.15, 0.2) is 0 Å². The van der Waals surface area contributed by atoms with E-state index in [-0.39, 0.29) is 12.5 Å². The van der Waals surface area contributed by atoms with Crippen molar-refractivity contribution in [2.45, 2.75) is 45.2 Å². The summed E-state index contributed by atoms with van der Waals surface area (Å²) in [5, 5.41) is 11.6. The highest BCUT2D eigenvalue weighted by Crippen LogP contribution is 2.01. The van der Waals surface area contributed by atoms with E-state index in [1.54, 1.807) is 13.8 Å². The number of aliphatic hydroxyl groups is 1. The predicted octanol–water partition coefficient (Wildman–Crippen LogP) is 0.000900. The maximum absolute atomic E-state index is 11.4. The molecule has 0 rings (SSSR count). The maximum atomic E-state index is 11.4. The van der Waals surface area contributed by atoms with Gasteiger partial charge in [-0.3, -0.25) is 4.79 Å². The quantitative estimate of drug-likeness (QED) is 0.568. The third kappa shape index (κ3) is 4.85. The van der Waals surface area contributed by atoms with Gasteiger partial charge in [0, 0.05) is 0 Å². The van der Waals surface area contributed by atoms with Crippen LogP contribution in [-0.2, 0) is 4.79 Å². The van der Waals surface area contributed by atoms with Gasteiger partial charge in [0.2, 0.25) is 5.91 Å². The van der Waals surface area contributed by atoms with E-state index in [2.05, 4.69) is 5.32 Å². The van der Waals surface area contributed by atoms with Crippen LogP contribution in [0.25, 0.3) is 0 Å². The van der Waals surface area contributed by atoms with Gasteiger partial charge in [-0.2, -0.15) is 0 Å². The summed E-state index contributed by atoms with van der Waals surface area (Å²) < 4.78 is 0. The number of carbonyl (C=O) groups excluding carboxylic acids is 1. The summed E-state index contributed by atoms with van der Waals surface area (Å²) in [6.45, 7) is 5.40. The van der Waals surface area contributed by atoms with Crippen LogP contribution >= 0.6 is 0 Å². The van der Waals surface area contributed by atoms with Gasteiger partial charge < -0.3 is 16.2 Å². The number of rotatable bonds is 5. The van der Waals surface area contributed by atoms with Crippen molar-refractivity contribution in [1.29, 1.82) is 0 Å². The van der Waals surface area contributed by atoms with Crippen molar-refractivity contribution in [2.75, 3.05) is 6.61 Å². The fourth-order valence-corrected chi connectivity index (χ4v) is 0.908. The molecule has 0 saturated carbocycles. The maximum Gasteiger partial charge on any atom is 0.237 e. The molecule has 0 aromatic carbocycles. The van der Waals surface area contributed by atoms with Gasteiger partial charge in [0.15, 0.2) is 0 Å². The Labute approximate surface area is 79.5 Å². The van der Waals surface area contributed by atoms with E-state index in [1.165, 1.54) is 0 Å². The lowest BCUT2D eigenvalue weighted by Gasteiger charge is -2.25. The first-order chi connectivity index (χ1) is 5.93. The summed E-state index contributed by atoms with van der Waals surface area (Å²) in [5.74, 6) is -0.194. The van der Waals surface area contributed by atoms with Crippen LogP contribution in [0.4, 0.5) is 0 Å². The molecule has 1 unspecified atom stereocenters. The van der Waals surface area contributed by atoms with Crippen molar-refractivity contribution >= 4 is 5.91 Å². The van der Waals surface area contributed by atoms with Crippen LogP contribution in [0.1, 0.15) is 33.6 Å². The van der Waals surface area contributed by atoms with Gasteiger partial charge in [0.25, 0.3) is 0 Å². The van der Waals surface area contributed by atoms with Crippen molar-refractivity contribution in [1.82, 2.24) is 5.32 Å². The summed E-state index contributed by atoms with van der Waals surface area (Å²) in [4.78, 5) is 11.4. The van der Waals surface area contributed by atoms with Gasteiger partial charge in [-0.25, -0.2) is 0 Å². The molecule has 0 aliphatic carbocycles. The van der Waals surface area contributed by atoms with E-state index in [0.29, 0.717) is 6.42 Å². The molecule has 0 aromatic rings. The van der Waals surface area contributed by atoms with Gasteiger partial charge in [-0.05, 0) is 20.3 Å². The molecule has 1 amide bonds. The molecule has 1 atom stereocenters. The lowest BCUT2D eigenvalue weighted by molar-refractivity contribution is -0.124. The summed E-state index contributed by atoms with van der Waals surface area (Å²) >= 11 is 0. The number of hydrogen-bond donors (Lipinski definition) is 3. The molecule has 0 saturated heterocycles. The zero-order chi connectivity index (χ0) is 10.5. The van der Waals surface area contributed by atoms with Crippen LogP contribution in [0.3, 0.4) is 0 Å². The van der Waals surface area contributed by atoms with Gasteiger partial charge >= 0.3 is 0 Å². The smallest absolute Gasteiger partial charge is 0.237 e. The Kier molecular flexibility index (Phi) is 4.95. The van der Waals surface area contributed by atoms with Crippen LogP contribution in [0.2, 0.25) is 0 Å². The SMILES string of the molecule is CCCC(N)C(=O)NC(C)(C)CO. The minimum Gasteiger partial charge on any atom is -0.394 e. The van der Waals surface area contributed by atoms with Gasteiger partial charge in [-0.1, -0.05) is 13.3 Å². The minimum absolute atomic E-state index is 0.0857. The van der Waals surface area contributed by atoms with E-state index < -0.39 is 11.6 Å². The monoisotopic (exact) mass is 188 g/mol. The highest BCUT2D eigenvalue weighted by molar-refractivity contribution is 5.82. The molecular weight excluding hydrogens is 168 g/mol. The van der Waals surface area contributed by atoms with E-state index in [9.17, 15) is 4.79 Å². The molecule has 4 N–H and O–H groups in total. The lowest BCUT2D eigenvalue weighted by atomic mass is 10.1. The predicted molar refractivity (Wildman–Crippen MR) is 52.2 cm³/mol. The zero-order valence-electron chi connectivity index (χ0n) is 8.63. The highest BCUT2D eigenvalue weighted by Gasteiger charge is 2.22. The largest absolute Gasteiger partial charge is 0.394 e. The summed E-state index contributed by atoms with van der Waals surface area (Å²) in [7, 11) is 0. The number of nitrogens with two attached hydrogens (primary N) is 1. The van der Waals surface area contributed by atoms with E-state index in [4.69, 9.17) is 10.8 Å². The molecule has 4 heteroatoms. The summed E-state index contributed by atoms with van der Waals surface area (Å²) in [6.07, 6.45) is 1.56. The summed E-state index contributed by atoms with van der Waals surface area (Å²) in [5.41, 5.74) is 5.02. The first-order valence-corrected chi connectivity index (χ1v) is 4.61. The molecule has 4 nitrogen and oxygen atoms in total. The third-order valence-electron chi connectivity index (χ3n) is 1.79. The number of amides is 1. The number of aliphatic hydroxyl groups excluding tert-OH is 1. The molecule has 0 aliphatic heterocycles. The van der Waals surface area contributed by atoms with Crippen LogP contribution in [-0.4, -0.2) is 29.2 Å². The topological polar surface area (TPSA) is 75.4 Å². The van der Waals surface area contributed by atoms with Crippen LogP contribution in [0, 0.1) is 0 Å². The second-order valence-electron chi connectivity index (χ2n) is 3.93. The molecule has 0 heterocycles. The number of carbonyl (C=O) groups is 1. The molecule has 0 aliphatic rings. The van der Waals surface area contributed by atoms with Crippen LogP contribution < -0.4 is 11.1 Å². The average molecular weight is 188 g/mol. The second kappa shape index (κ2) is 5.19. The van der Waals surface area contributed by atoms with Crippen LogP contribution in [0.5, 0.6) is 0 Å². The highest BCUT2D eigenvalue weighted by atomic mass is 16.3. The van der Waals surface area contributed by atoms with E-state index >= 15 is 0 Å². The first kappa shape index (κ1) is 12.4. The summed E-state index contributed by atoms with van der Waals surface area (Å²) in [6, 6.07) is -0.462. The fourth-order valence-electron chi connectivity index (χ4n) is 0.908. The number of nitrogens with one attached hydrogen (secondary N) is 1. The molecule has 0 fully saturated rings. The Balaban J connectivity index is 3.99. The van der Waals surface area contributed by atoms with E-state index in [0.717, 1.165) is 6.42 Å². The normalized spacial score (nSPS) is 13.9. The lowest BCUT2D eigenvalue weighted by Crippen LogP contribution is -2.52. The van der Waals surface area contributed by atoms with Crippen molar-refractivity contribution in [3.05, 3.63) is 0 Å². The Hall–Kier alpha value is -0.610. The average Bonchev–Trinajstić information content (AvgIpc) is 2.04. The number of hydrogen-bond acceptors (Lipinski definition) is 3. The second-order valence-corrected chi connectivity index (χ2v) is 3.93. The first-order valence-electron chi connectivity index (χ1n) is 4.61. The van der Waals surface area contributed by atoms with Crippen molar-refractivity contribution < 1.29 is 9.90 Å². The van der Waals surface area contributed by atoms with Crippen molar-refractivity contribution in [3.8, 4) is 0 Å². The molecular formula is C9H20N2O2. The van der Waals surface area contributed by atoms with E-state index in [1.807, 2.05) is 6.92 Å². The Morgan fingerprint density at radius 2 is 2.15 bits per heavy atom. The zero-order valence-corrected chi connectivity index (χ0v) is 8.63. The Morgan fingerprint density at radius 1 is 1.62 bits per heavy atom. The standard InChI is InChI=1S/C9H20N2O2/c1-4-5-7(10)8(13)11-9(2,3)6-12/h7,12H,4-6,10H2,1-3H3,(H,11,13). The Morgan fingerprint density at radius 3 is 2.54 bits per heavy atom. The van der Waals surface area contributed by atoms with Gasteiger partial charge in [0.1, 0.15) is 0 Å². The fraction of sp³-hybridized carbons (Fsp3) is 0.889. The Bertz CT molecular complexity index is 169. The molecule has 13 heavy (non-hydrogen) atoms. The molecule has 0 aromatic heterocycles. The minimum atomic E-state index is -0.581. The molecule has 0 spiro atoms. The van der Waals surface area contributed by atoms with Crippen molar-refractivity contribution in [3.63, 3.8) is 0 Å². The third-order valence-corrected chi connectivity index (χ3v) is 1.79. The van der Waals surface area contributed by atoms with Gasteiger partial charge in [0.05, 0.1) is 18.2 Å².